The van der Waals surface area contributed by atoms with E-state index in [2.05, 4.69) is 31.4 Å². The molecule has 0 spiro atoms. The van der Waals surface area contributed by atoms with Gasteiger partial charge in [-0.25, -0.2) is 8.42 Å². The Morgan fingerprint density at radius 1 is 1.07 bits per heavy atom. The Bertz CT molecular complexity index is 792. The first kappa shape index (κ1) is 22.3. The Morgan fingerprint density at radius 3 is 2.14 bits per heavy atom. The van der Waals surface area contributed by atoms with E-state index >= 15 is 0 Å². The van der Waals surface area contributed by atoms with Crippen LogP contribution in [0.3, 0.4) is 0 Å². The van der Waals surface area contributed by atoms with Gasteiger partial charge in [0.1, 0.15) is 0 Å². The third kappa shape index (κ3) is 5.76. The molecule has 2 amide bonds. The lowest BCUT2D eigenvalue weighted by Gasteiger charge is -2.31. The van der Waals surface area contributed by atoms with Crippen LogP contribution in [0.4, 0.5) is 0 Å². The van der Waals surface area contributed by atoms with Crippen LogP contribution in [0.1, 0.15) is 26.3 Å². The standard InChI is InChI=1S/C19H30N4O4S/c1-19(2,3)15-5-7-16(8-6-15)28(26,27)23-11-9-22(10-12-23)14-18(25)21-13-17(24)20-4/h5-8H,9-14H2,1-4H3,(H,20,24)(H,21,25)/p+1. The second kappa shape index (κ2) is 9.02. The smallest absolute Gasteiger partial charge is 0.275 e. The van der Waals surface area contributed by atoms with Gasteiger partial charge in [-0.3, -0.25) is 9.59 Å². The molecule has 0 bridgehead atoms. The Labute approximate surface area is 167 Å². The Hall–Kier alpha value is -1.97. The van der Waals surface area contributed by atoms with Gasteiger partial charge in [0.15, 0.2) is 6.54 Å². The molecule has 9 heteroatoms. The van der Waals surface area contributed by atoms with Gasteiger partial charge in [-0.05, 0) is 23.1 Å². The van der Waals surface area contributed by atoms with E-state index in [9.17, 15) is 18.0 Å². The van der Waals surface area contributed by atoms with Crippen LogP contribution < -0.4 is 15.5 Å². The predicted molar refractivity (Wildman–Crippen MR) is 107 cm³/mol. The molecule has 0 unspecified atom stereocenters. The number of carbonyl (C=O) groups is 2. The van der Waals surface area contributed by atoms with Crippen LogP contribution in [0, 0.1) is 0 Å². The molecular formula is C19H31N4O4S+. The van der Waals surface area contributed by atoms with E-state index in [0.29, 0.717) is 31.1 Å². The van der Waals surface area contributed by atoms with E-state index < -0.39 is 10.0 Å². The summed E-state index contributed by atoms with van der Waals surface area (Å²) in [7, 11) is -2.02. The third-order valence-electron chi connectivity index (χ3n) is 4.92. The Morgan fingerprint density at radius 2 is 1.64 bits per heavy atom. The first-order valence-corrected chi connectivity index (χ1v) is 10.9. The number of piperazine rings is 1. The van der Waals surface area contributed by atoms with Crippen LogP contribution in [-0.2, 0) is 25.0 Å². The molecule has 1 saturated heterocycles. The van der Waals surface area contributed by atoms with Crippen molar-refractivity contribution in [1.82, 2.24) is 14.9 Å². The van der Waals surface area contributed by atoms with Crippen molar-refractivity contribution in [3.63, 3.8) is 0 Å². The summed E-state index contributed by atoms with van der Waals surface area (Å²) in [6.45, 7) is 8.26. The summed E-state index contributed by atoms with van der Waals surface area (Å²) in [5.74, 6) is -0.468. The van der Waals surface area contributed by atoms with E-state index in [1.807, 2.05) is 12.1 Å². The van der Waals surface area contributed by atoms with Gasteiger partial charge < -0.3 is 15.5 Å². The van der Waals surface area contributed by atoms with Crippen LogP contribution >= 0.6 is 0 Å². The topological polar surface area (TPSA) is 100 Å². The lowest BCUT2D eigenvalue weighted by Crippen LogP contribution is -3.15. The Balaban J connectivity index is 1.91. The molecule has 0 atom stereocenters. The maximum atomic E-state index is 12.9. The molecular weight excluding hydrogens is 380 g/mol. The molecule has 0 aliphatic carbocycles. The molecule has 28 heavy (non-hydrogen) atoms. The van der Waals surface area contributed by atoms with Gasteiger partial charge in [0.25, 0.3) is 5.91 Å². The SMILES string of the molecule is CNC(=O)CNC(=O)C[NH+]1CCN(S(=O)(=O)c2ccc(C(C)(C)C)cc2)CC1. The Kier molecular flexibility index (Phi) is 7.19. The fourth-order valence-corrected chi connectivity index (χ4v) is 4.49. The molecule has 1 fully saturated rings. The minimum Gasteiger partial charge on any atom is -0.358 e. The summed E-state index contributed by atoms with van der Waals surface area (Å²) in [6, 6.07) is 7.07. The highest BCUT2D eigenvalue weighted by Gasteiger charge is 2.31. The monoisotopic (exact) mass is 411 g/mol. The van der Waals surface area contributed by atoms with E-state index in [4.69, 9.17) is 0 Å². The van der Waals surface area contributed by atoms with Gasteiger partial charge in [-0.1, -0.05) is 32.9 Å². The number of hydrogen-bond donors (Lipinski definition) is 3. The molecule has 0 saturated carbocycles. The van der Waals surface area contributed by atoms with E-state index in [1.165, 1.54) is 11.4 Å². The number of rotatable bonds is 6. The lowest BCUT2D eigenvalue weighted by molar-refractivity contribution is -0.895. The summed E-state index contributed by atoms with van der Waals surface area (Å²) in [6.07, 6.45) is 0. The molecule has 156 valence electrons. The molecule has 0 radical (unpaired) electrons. The molecule has 8 nitrogen and oxygen atoms in total. The quantitative estimate of drug-likeness (QED) is 0.544. The van der Waals surface area contributed by atoms with Crippen molar-refractivity contribution in [2.24, 2.45) is 0 Å². The van der Waals surface area contributed by atoms with E-state index in [1.54, 1.807) is 12.1 Å². The van der Waals surface area contributed by atoms with Gasteiger partial charge in [0.05, 0.1) is 37.6 Å². The third-order valence-corrected chi connectivity index (χ3v) is 6.84. The van der Waals surface area contributed by atoms with Crippen LogP contribution in [0.5, 0.6) is 0 Å². The highest BCUT2D eigenvalue weighted by Crippen LogP contribution is 2.24. The van der Waals surface area contributed by atoms with E-state index in [-0.39, 0.29) is 30.3 Å². The number of likely N-dealkylation sites (N-methyl/N-ethyl adjacent to an activating group) is 1. The zero-order chi connectivity index (χ0) is 20.9. The molecule has 1 aromatic rings. The predicted octanol–water partition coefficient (Wildman–Crippen LogP) is -1.26. The number of carbonyl (C=O) groups excluding carboxylic acids is 2. The minimum atomic E-state index is -3.53. The van der Waals surface area contributed by atoms with Crippen molar-refractivity contribution >= 4 is 21.8 Å². The molecule has 1 aromatic carbocycles. The second-order valence-corrected chi connectivity index (χ2v) is 9.99. The second-order valence-electron chi connectivity index (χ2n) is 8.06. The summed E-state index contributed by atoms with van der Waals surface area (Å²) >= 11 is 0. The zero-order valence-corrected chi connectivity index (χ0v) is 17.9. The fourth-order valence-electron chi connectivity index (χ4n) is 3.05. The normalized spacial score (nSPS) is 16.6. The molecule has 1 aliphatic rings. The van der Waals surface area contributed by atoms with Gasteiger partial charge in [-0.2, -0.15) is 4.31 Å². The molecule has 3 N–H and O–H groups in total. The fraction of sp³-hybridized carbons (Fsp3) is 0.579. The first-order valence-electron chi connectivity index (χ1n) is 9.45. The number of amides is 2. The van der Waals surface area contributed by atoms with Gasteiger partial charge in [-0.15, -0.1) is 0 Å². The van der Waals surface area contributed by atoms with Crippen LogP contribution in [0.2, 0.25) is 0 Å². The number of hydrogen-bond acceptors (Lipinski definition) is 4. The maximum absolute atomic E-state index is 12.9. The molecule has 1 aliphatic heterocycles. The lowest BCUT2D eigenvalue weighted by atomic mass is 9.87. The van der Waals surface area contributed by atoms with Gasteiger partial charge in [0, 0.05) is 7.05 Å². The number of sulfonamides is 1. The first-order chi connectivity index (χ1) is 13.0. The maximum Gasteiger partial charge on any atom is 0.275 e. The van der Waals surface area contributed by atoms with Gasteiger partial charge >= 0.3 is 0 Å². The largest absolute Gasteiger partial charge is 0.358 e. The molecule has 2 rings (SSSR count). The van der Waals surface area contributed by atoms with Crippen molar-refractivity contribution in [3.05, 3.63) is 29.8 Å². The zero-order valence-electron chi connectivity index (χ0n) is 17.0. The number of nitrogens with one attached hydrogen (secondary N) is 3. The number of quaternary nitrogens is 1. The summed E-state index contributed by atoms with van der Waals surface area (Å²) < 4.78 is 27.2. The van der Waals surface area contributed by atoms with Crippen molar-refractivity contribution in [2.45, 2.75) is 31.1 Å². The number of benzene rings is 1. The molecule has 1 heterocycles. The summed E-state index contributed by atoms with van der Waals surface area (Å²) in [5, 5.41) is 5.00. The summed E-state index contributed by atoms with van der Waals surface area (Å²) in [4.78, 5) is 24.4. The minimum absolute atomic E-state index is 0.0321. The van der Waals surface area contributed by atoms with Crippen LogP contribution in [-0.4, -0.2) is 70.9 Å². The van der Waals surface area contributed by atoms with Crippen molar-refractivity contribution in [1.29, 1.82) is 0 Å². The van der Waals surface area contributed by atoms with Gasteiger partial charge in [0.2, 0.25) is 15.9 Å². The van der Waals surface area contributed by atoms with Crippen molar-refractivity contribution in [3.8, 4) is 0 Å². The summed E-state index contributed by atoms with van der Waals surface area (Å²) in [5.41, 5.74) is 1.05. The average Bonchev–Trinajstić information content (AvgIpc) is 2.66. The van der Waals surface area contributed by atoms with Crippen molar-refractivity contribution in [2.75, 3.05) is 46.3 Å². The van der Waals surface area contributed by atoms with Crippen molar-refractivity contribution < 1.29 is 22.9 Å². The highest BCUT2D eigenvalue weighted by atomic mass is 32.2. The van der Waals surface area contributed by atoms with E-state index in [0.717, 1.165) is 10.5 Å². The average molecular weight is 412 g/mol. The highest BCUT2D eigenvalue weighted by molar-refractivity contribution is 7.89. The van der Waals surface area contributed by atoms with Crippen LogP contribution in [0.15, 0.2) is 29.2 Å². The van der Waals surface area contributed by atoms with Crippen LogP contribution in [0.25, 0.3) is 0 Å². The molecule has 0 aromatic heterocycles. The number of nitrogens with zero attached hydrogens (tertiary/aromatic N) is 1.